The van der Waals surface area contributed by atoms with E-state index in [2.05, 4.69) is 168 Å². The van der Waals surface area contributed by atoms with Crippen LogP contribution in [0.3, 0.4) is 0 Å². The Morgan fingerprint density at radius 3 is 2.00 bits per heavy atom. The molecule has 0 radical (unpaired) electrons. The van der Waals surface area contributed by atoms with Crippen LogP contribution in [0, 0.1) is 0 Å². The van der Waals surface area contributed by atoms with Crippen molar-refractivity contribution in [2.45, 2.75) is 0 Å². The van der Waals surface area contributed by atoms with Crippen LogP contribution in [0.1, 0.15) is 0 Å². The Morgan fingerprint density at radius 2 is 1.14 bits per heavy atom. The number of rotatable bonds is 3. The summed E-state index contributed by atoms with van der Waals surface area (Å²) in [4.78, 5) is 11.1. The highest BCUT2D eigenvalue weighted by molar-refractivity contribution is 7.26. The predicted octanol–water partition coefficient (Wildman–Crippen LogP) is 14.7. The van der Waals surface area contributed by atoms with E-state index in [0.29, 0.717) is 5.95 Å². The first kappa shape index (κ1) is 30.5. The van der Waals surface area contributed by atoms with Crippen LogP contribution in [0.2, 0.25) is 0 Å². The van der Waals surface area contributed by atoms with E-state index in [1.807, 2.05) is 11.3 Å². The number of hydrogen-bond acceptors (Lipinski definition) is 5. The van der Waals surface area contributed by atoms with Gasteiger partial charge in [-0.2, -0.15) is 0 Å². The van der Waals surface area contributed by atoms with Crippen LogP contribution in [0.25, 0.3) is 123 Å². The second kappa shape index (κ2) is 11.3. The Hall–Kier alpha value is -6.86. The minimum atomic E-state index is 0.645. The molecule has 13 rings (SSSR count). The van der Waals surface area contributed by atoms with E-state index in [4.69, 9.17) is 14.4 Å². The molecule has 5 aromatic heterocycles. The summed E-state index contributed by atoms with van der Waals surface area (Å²) in [5, 5.41) is 10.4. The minimum absolute atomic E-state index is 0.645. The van der Waals surface area contributed by atoms with Gasteiger partial charge in [0, 0.05) is 52.0 Å². The van der Waals surface area contributed by atoms with Crippen LogP contribution >= 0.6 is 22.7 Å². The molecular weight excluding hydrogens is 723 g/mol. The van der Waals surface area contributed by atoms with Crippen molar-refractivity contribution < 1.29 is 4.42 Å². The lowest BCUT2D eigenvalue weighted by Gasteiger charge is -2.11. The summed E-state index contributed by atoms with van der Waals surface area (Å²) in [6.45, 7) is 0. The third kappa shape index (κ3) is 4.12. The van der Waals surface area contributed by atoms with E-state index in [1.165, 1.54) is 41.2 Å². The van der Waals surface area contributed by atoms with Gasteiger partial charge in [-0.05, 0) is 64.4 Å². The Kier molecular flexibility index (Phi) is 6.17. The molecule has 4 nitrogen and oxygen atoms in total. The van der Waals surface area contributed by atoms with Gasteiger partial charge in [0.25, 0.3) is 0 Å². The van der Waals surface area contributed by atoms with Gasteiger partial charge in [-0.3, -0.25) is 4.57 Å². The average Bonchev–Trinajstić information content (AvgIpc) is 4.02. The summed E-state index contributed by atoms with van der Waals surface area (Å²) in [5.74, 6) is 0.645. The maximum Gasteiger partial charge on any atom is 0.235 e. The summed E-state index contributed by atoms with van der Waals surface area (Å²) >= 11 is 3.61. The van der Waals surface area contributed by atoms with E-state index in [1.54, 1.807) is 11.3 Å². The Balaban J connectivity index is 1.15. The van der Waals surface area contributed by atoms with E-state index < -0.39 is 0 Å². The topological polar surface area (TPSA) is 43.9 Å². The minimum Gasteiger partial charge on any atom is -0.455 e. The zero-order valence-electron chi connectivity index (χ0n) is 29.7. The third-order valence-corrected chi connectivity index (χ3v) is 13.7. The summed E-state index contributed by atoms with van der Waals surface area (Å²) in [7, 11) is 0. The number of nitrogens with zero attached hydrogens (tertiary/aromatic N) is 3. The van der Waals surface area contributed by atoms with Gasteiger partial charge in [0.05, 0.1) is 32.3 Å². The fraction of sp³-hybridized carbons (Fsp3) is 0. The summed E-state index contributed by atoms with van der Waals surface area (Å²) in [5.41, 5.74) is 9.18. The molecule has 13 aromatic rings. The molecular formula is C50H27N3OS2. The number of benzene rings is 8. The maximum atomic E-state index is 7.03. The Bertz CT molecular complexity index is 3770. The molecule has 5 heterocycles. The number of furan rings is 1. The lowest BCUT2D eigenvalue weighted by molar-refractivity contribution is 0.673. The normalized spacial score (nSPS) is 12.3. The van der Waals surface area contributed by atoms with E-state index in [9.17, 15) is 0 Å². The molecule has 0 amide bonds. The van der Waals surface area contributed by atoms with Crippen LogP contribution in [0.5, 0.6) is 0 Å². The first-order chi connectivity index (χ1) is 27.8. The smallest absolute Gasteiger partial charge is 0.235 e. The van der Waals surface area contributed by atoms with E-state index in [0.717, 1.165) is 76.2 Å². The van der Waals surface area contributed by atoms with Crippen LogP contribution in [-0.2, 0) is 0 Å². The van der Waals surface area contributed by atoms with Gasteiger partial charge in [0.15, 0.2) is 0 Å². The van der Waals surface area contributed by atoms with Crippen LogP contribution in [-0.4, -0.2) is 14.5 Å². The van der Waals surface area contributed by atoms with Crippen molar-refractivity contribution in [2.24, 2.45) is 0 Å². The van der Waals surface area contributed by atoms with Crippen molar-refractivity contribution in [1.29, 1.82) is 0 Å². The number of para-hydroxylation sites is 1. The number of fused-ring (bicyclic) bond motifs is 15. The molecule has 0 spiro atoms. The van der Waals surface area contributed by atoms with Crippen LogP contribution in [0.4, 0.5) is 0 Å². The number of thiophene rings is 2. The van der Waals surface area contributed by atoms with Gasteiger partial charge in [0.2, 0.25) is 5.95 Å². The molecule has 56 heavy (non-hydrogen) atoms. The highest BCUT2D eigenvalue weighted by Crippen LogP contribution is 2.47. The van der Waals surface area contributed by atoms with Crippen LogP contribution in [0.15, 0.2) is 168 Å². The highest BCUT2D eigenvalue weighted by atomic mass is 32.1. The molecule has 0 atom stereocenters. The summed E-state index contributed by atoms with van der Waals surface area (Å²) < 4.78 is 14.1. The molecule has 0 fully saturated rings. The van der Waals surface area contributed by atoms with Crippen molar-refractivity contribution in [2.75, 3.05) is 0 Å². The van der Waals surface area contributed by atoms with Crippen molar-refractivity contribution in [3.05, 3.63) is 164 Å². The molecule has 6 heteroatoms. The lowest BCUT2D eigenvalue weighted by Crippen LogP contribution is -2.02. The van der Waals surface area contributed by atoms with Gasteiger partial charge < -0.3 is 4.42 Å². The zero-order valence-corrected chi connectivity index (χ0v) is 31.3. The molecule has 0 aliphatic heterocycles. The fourth-order valence-corrected chi connectivity index (χ4v) is 11.3. The molecule has 260 valence electrons. The van der Waals surface area contributed by atoms with E-state index >= 15 is 0 Å². The van der Waals surface area contributed by atoms with Crippen LogP contribution < -0.4 is 0 Å². The predicted molar refractivity (Wildman–Crippen MR) is 238 cm³/mol. The lowest BCUT2D eigenvalue weighted by atomic mass is 9.95. The highest BCUT2D eigenvalue weighted by Gasteiger charge is 2.24. The number of aromatic nitrogens is 3. The quantitative estimate of drug-likeness (QED) is 0.181. The second-order valence-electron chi connectivity index (χ2n) is 14.4. The average molecular weight is 750 g/mol. The molecule has 0 saturated heterocycles. The van der Waals surface area contributed by atoms with Crippen molar-refractivity contribution in [3.63, 3.8) is 0 Å². The molecule has 0 unspecified atom stereocenters. The maximum absolute atomic E-state index is 7.03. The summed E-state index contributed by atoms with van der Waals surface area (Å²) in [6.07, 6.45) is 0. The molecule has 0 aliphatic rings. The molecule has 8 aromatic carbocycles. The summed E-state index contributed by atoms with van der Waals surface area (Å²) in [6, 6.07) is 58.5. The second-order valence-corrected chi connectivity index (χ2v) is 16.6. The first-order valence-corrected chi connectivity index (χ1v) is 20.4. The SMILES string of the molecule is c1ccc(-c2cc3oc4c(ccc5c4c4ccccc4n5-c4nc(-c5cccc6sc7ccccc7c56)c5sc6ccccc6c5n4)c3c3ccccc23)cc1. The fourth-order valence-electron chi connectivity index (χ4n) is 9.06. The van der Waals surface area contributed by atoms with Gasteiger partial charge in [-0.1, -0.05) is 121 Å². The first-order valence-electron chi connectivity index (χ1n) is 18.7. The Labute approximate surface area is 327 Å². The van der Waals surface area contributed by atoms with Gasteiger partial charge in [-0.25, -0.2) is 9.97 Å². The Morgan fingerprint density at radius 1 is 0.446 bits per heavy atom. The van der Waals surface area contributed by atoms with Gasteiger partial charge in [0.1, 0.15) is 11.2 Å². The number of hydrogen-bond donors (Lipinski definition) is 0. The van der Waals surface area contributed by atoms with Crippen molar-refractivity contribution >= 4 is 118 Å². The van der Waals surface area contributed by atoms with Gasteiger partial charge >= 0.3 is 0 Å². The largest absolute Gasteiger partial charge is 0.455 e. The molecule has 0 bridgehead atoms. The third-order valence-electron chi connectivity index (χ3n) is 11.4. The molecule has 0 N–H and O–H groups in total. The van der Waals surface area contributed by atoms with E-state index in [-0.39, 0.29) is 0 Å². The molecule has 0 saturated carbocycles. The van der Waals surface area contributed by atoms with Crippen molar-refractivity contribution in [3.8, 4) is 28.3 Å². The van der Waals surface area contributed by atoms with Crippen molar-refractivity contribution in [1.82, 2.24) is 14.5 Å². The molecule has 0 aliphatic carbocycles. The zero-order chi connectivity index (χ0) is 36.5. The monoisotopic (exact) mass is 749 g/mol. The van der Waals surface area contributed by atoms with Gasteiger partial charge in [-0.15, -0.1) is 22.7 Å². The standard InChI is InChI=1S/C50H27N3OS2/c1-2-13-28(14-3-1)36-27-39-43(30-16-5-4-15-29(30)36)35-25-26-38-45(48(35)54-39)31-17-6-9-21-37(31)53(38)50-51-46-33-19-8-11-23-41(33)56-49(46)47(52-50)34-20-12-24-42-44(34)32-18-7-10-22-40(32)55-42/h1-27H.